The van der Waals surface area contributed by atoms with Crippen LogP contribution in [0.3, 0.4) is 0 Å². The minimum absolute atomic E-state index is 0.0754. The van der Waals surface area contributed by atoms with E-state index in [4.69, 9.17) is 4.74 Å². The number of nitrogens with one attached hydrogen (secondary N) is 2. The molecule has 2 aliphatic rings. The predicted molar refractivity (Wildman–Crippen MR) is 134 cm³/mol. The molecule has 1 aliphatic heterocycles. The molecule has 1 amide bonds. The van der Waals surface area contributed by atoms with Crippen LogP contribution in [0, 0.1) is 0 Å². The van der Waals surface area contributed by atoms with Crippen molar-refractivity contribution in [1.29, 1.82) is 0 Å². The monoisotopic (exact) mass is 439 g/mol. The summed E-state index contributed by atoms with van der Waals surface area (Å²) in [5.74, 6) is 0.0754. The van der Waals surface area contributed by atoms with Crippen LogP contribution < -0.4 is 15.5 Å². The van der Waals surface area contributed by atoms with Gasteiger partial charge in [-0.2, -0.15) is 0 Å². The molecule has 1 heterocycles. The van der Waals surface area contributed by atoms with Gasteiger partial charge in [0.1, 0.15) is 6.61 Å². The lowest BCUT2D eigenvalue weighted by molar-refractivity contribution is 0.144. The Labute approximate surface area is 195 Å². The highest BCUT2D eigenvalue weighted by Crippen LogP contribution is 2.44. The van der Waals surface area contributed by atoms with Crippen molar-refractivity contribution in [2.75, 3.05) is 44.2 Å². The molecule has 5 heteroatoms. The molecule has 1 fully saturated rings. The number of fused-ring (bicyclic) bond motifs is 3. The van der Waals surface area contributed by atoms with Gasteiger partial charge in [0.05, 0.1) is 0 Å². The fraction of sp³-hybridized carbons (Fsp3) is 0.250. The summed E-state index contributed by atoms with van der Waals surface area (Å²) in [5.41, 5.74) is 7.26. The summed E-state index contributed by atoms with van der Waals surface area (Å²) in [5, 5.41) is 6.22. The van der Waals surface area contributed by atoms with Gasteiger partial charge in [0.15, 0.2) is 0 Å². The van der Waals surface area contributed by atoms with Crippen molar-refractivity contribution in [2.24, 2.45) is 0 Å². The van der Waals surface area contributed by atoms with Gasteiger partial charge in [-0.3, -0.25) is 0 Å². The second-order valence-electron chi connectivity index (χ2n) is 8.44. The Balaban J connectivity index is 1.14. The quantitative estimate of drug-likeness (QED) is 0.587. The topological polar surface area (TPSA) is 53.6 Å². The summed E-state index contributed by atoms with van der Waals surface area (Å²) in [6, 6.07) is 25.2. The standard InChI is InChI=1S/C28H29N3O2/c32-28(30-14-6-8-21-7-5-9-22(19-21)31-17-15-29-16-18-31)33-20-27-25-12-3-1-10-23(25)24-11-2-4-13-26(24)27/h1-13,19,27,29H,14-18,20H2,(H,30,32). The van der Waals surface area contributed by atoms with Crippen LogP contribution >= 0.6 is 0 Å². The zero-order valence-electron chi connectivity index (χ0n) is 18.7. The van der Waals surface area contributed by atoms with E-state index in [9.17, 15) is 4.79 Å². The first-order chi connectivity index (χ1) is 16.3. The molecule has 0 atom stereocenters. The van der Waals surface area contributed by atoms with Crippen LogP contribution in [0.2, 0.25) is 0 Å². The average molecular weight is 440 g/mol. The van der Waals surface area contributed by atoms with Gasteiger partial charge in [-0.25, -0.2) is 4.79 Å². The van der Waals surface area contributed by atoms with Crippen LogP contribution in [-0.4, -0.2) is 45.4 Å². The van der Waals surface area contributed by atoms with E-state index >= 15 is 0 Å². The lowest BCUT2D eigenvalue weighted by Gasteiger charge is -2.29. The van der Waals surface area contributed by atoms with Gasteiger partial charge in [0, 0.05) is 44.3 Å². The number of carbonyl (C=O) groups excluding carboxylic acids is 1. The number of rotatable bonds is 6. The van der Waals surface area contributed by atoms with E-state index in [1.165, 1.54) is 27.9 Å². The summed E-state index contributed by atoms with van der Waals surface area (Å²) in [4.78, 5) is 14.7. The van der Waals surface area contributed by atoms with Crippen molar-refractivity contribution in [3.63, 3.8) is 0 Å². The predicted octanol–water partition coefficient (Wildman–Crippen LogP) is 4.65. The maximum Gasteiger partial charge on any atom is 0.407 e. The van der Waals surface area contributed by atoms with E-state index in [2.05, 4.69) is 76.2 Å². The first-order valence-electron chi connectivity index (χ1n) is 11.6. The molecule has 0 unspecified atom stereocenters. The smallest absolute Gasteiger partial charge is 0.407 e. The Morgan fingerprint density at radius 1 is 0.970 bits per heavy atom. The number of anilines is 1. The maximum atomic E-state index is 12.3. The molecule has 1 saturated heterocycles. The number of nitrogens with zero attached hydrogens (tertiary/aromatic N) is 1. The van der Waals surface area contributed by atoms with Crippen molar-refractivity contribution in [1.82, 2.24) is 10.6 Å². The SMILES string of the molecule is O=C(NCC=Cc1cccc(N2CCNCC2)c1)OCC1c2ccccc2-c2ccccc21. The molecule has 0 saturated carbocycles. The zero-order valence-corrected chi connectivity index (χ0v) is 18.7. The fourth-order valence-corrected chi connectivity index (χ4v) is 4.73. The third-order valence-corrected chi connectivity index (χ3v) is 6.37. The highest BCUT2D eigenvalue weighted by molar-refractivity contribution is 5.79. The van der Waals surface area contributed by atoms with Crippen LogP contribution in [0.5, 0.6) is 0 Å². The summed E-state index contributed by atoms with van der Waals surface area (Å²) >= 11 is 0. The van der Waals surface area contributed by atoms with Crippen LogP contribution in [0.15, 0.2) is 78.9 Å². The van der Waals surface area contributed by atoms with Crippen LogP contribution in [0.1, 0.15) is 22.6 Å². The molecule has 1 aliphatic carbocycles. The van der Waals surface area contributed by atoms with Gasteiger partial charge < -0.3 is 20.3 Å². The largest absolute Gasteiger partial charge is 0.449 e. The van der Waals surface area contributed by atoms with Crippen molar-refractivity contribution in [3.8, 4) is 11.1 Å². The number of benzene rings is 3. The number of hydrogen-bond donors (Lipinski definition) is 2. The minimum Gasteiger partial charge on any atom is -0.449 e. The van der Waals surface area contributed by atoms with Gasteiger partial charge in [-0.05, 0) is 39.9 Å². The Hall–Kier alpha value is -3.57. The first kappa shape index (κ1) is 21.3. The maximum absolute atomic E-state index is 12.3. The Morgan fingerprint density at radius 3 is 2.39 bits per heavy atom. The molecular weight excluding hydrogens is 410 g/mol. The van der Waals surface area contributed by atoms with Crippen LogP contribution in [0.4, 0.5) is 10.5 Å². The molecule has 168 valence electrons. The number of carbonyl (C=O) groups is 1. The van der Waals surface area contributed by atoms with Gasteiger partial charge in [0.2, 0.25) is 0 Å². The Morgan fingerprint density at radius 2 is 1.67 bits per heavy atom. The lowest BCUT2D eigenvalue weighted by atomic mass is 9.98. The van der Waals surface area contributed by atoms with E-state index in [0.717, 1.165) is 31.7 Å². The number of hydrogen-bond acceptors (Lipinski definition) is 4. The molecule has 0 aromatic heterocycles. The Bertz CT molecular complexity index is 1110. The van der Waals surface area contributed by atoms with Crippen molar-refractivity contribution in [2.45, 2.75) is 5.92 Å². The summed E-state index contributed by atoms with van der Waals surface area (Å²) in [7, 11) is 0. The lowest BCUT2D eigenvalue weighted by Crippen LogP contribution is -2.43. The van der Waals surface area contributed by atoms with Crippen molar-refractivity contribution in [3.05, 3.63) is 95.6 Å². The Kier molecular flexibility index (Phi) is 6.40. The molecule has 2 N–H and O–H groups in total. The van der Waals surface area contributed by atoms with Crippen molar-refractivity contribution < 1.29 is 9.53 Å². The summed E-state index contributed by atoms with van der Waals surface area (Å²) in [6.45, 7) is 4.84. The normalized spacial score (nSPS) is 15.3. The molecular formula is C28H29N3O2. The van der Waals surface area contributed by atoms with Gasteiger partial charge >= 0.3 is 6.09 Å². The summed E-state index contributed by atoms with van der Waals surface area (Å²) < 4.78 is 5.59. The highest BCUT2D eigenvalue weighted by Gasteiger charge is 2.28. The zero-order chi connectivity index (χ0) is 22.5. The van der Waals surface area contributed by atoms with Gasteiger partial charge in [-0.15, -0.1) is 0 Å². The molecule has 0 radical (unpaired) electrons. The van der Waals surface area contributed by atoms with Gasteiger partial charge in [-0.1, -0.05) is 72.8 Å². The molecule has 5 nitrogen and oxygen atoms in total. The molecule has 0 spiro atoms. The summed E-state index contributed by atoms with van der Waals surface area (Å²) in [6.07, 6.45) is 3.60. The van der Waals surface area contributed by atoms with Crippen LogP contribution in [-0.2, 0) is 4.74 Å². The number of alkyl carbamates (subject to hydrolysis) is 1. The van der Waals surface area contributed by atoms with E-state index in [0.29, 0.717) is 13.2 Å². The molecule has 0 bridgehead atoms. The van der Waals surface area contributed by atoms with Crippen molar-refractivity contribution >= 4 is 17.9 Å². The fourth-order valence-electron chi connectivity index (χ4n) is 4.73. The number of ether oxygens (including phenoxy) is 1. The minimum atomic E-state index is -0.393. The van der Waals surface area contributed by atoms with Crippen LogP contribution in [0.25, 0.3) is 17.2 Å². The van der Waals surface area contributed by atoms with E-state index in [-0.39, 0.29) is 5.92 Å². The number of amides is 1. The third-order valence-electron chi connectivity index (χ3n) is 6.37. The average Bonchev–Trinajstić information content (AvgIpc) is 3.20. The first-order valence-corrected chi connectivity index (χ1v) is 11.6. The molecule has 33 heavy (non-hydrogen) atoms. The van der Waals surface area contributed by atoms with E-state index < -0.39 is 6.09 Å². The van der Waals surface area contributed by atoms with Gasteiger partial charge in [0.25, 0.3) is 0 Å². The second kappa shape index (κ2) is 9.92. The van der Waals surface area contributed by atoms with E-state index in [1.807, 2.05) is 24.3 Å². The number of piperazine rings is 1. The highest BCUT2D eigenvalue weighted by atomic mass is 16.5. The third kappa shape index (κ3) is 4.78. The molecule has 3 aromatic carbocycles. The second-order valence-corrected chi connectivity index (χ2v) is 8.44. The van der Waals surface area contributed by atoms with E-state index in [1.54, 1.807) is 0 Å². The molecule has 3 aromatic rings. The molecule has 5 rings (SSSR count).